The average molecular weight is 346 g/mol. The van der Waals surface area contributed by atoms with Crippen molar-refractivity contribution in [3.63, 3.8) is 0 Å². The van der Waals surface area contributed by atoms with Crippen LogP contribution in [-0.4, -0.2) is 19.6 Å². The highest BCUT2D eigenvalue weighted by molar-refractivity contribution is 6.31. The number of ether oxygens (including phenoxy) is 2. The van der Waals surface area contributed by atoms with Crippen LogP contribution in [0.1, 0.15) is 18.1 Å². The number of rotatable bonds is 7. The van der Waals surface area contributed by atoms with Crippen LogP contribution < -0.4 is 14.8 Å². The third kappa shape index (κ3) is 5.03. The summed E-state index contributed by atoms with van der Waals surface area (Å²) in [5.41, 5.74) is 1.87. The smallest absolute Gasteiger partial charge is 0.258 e. The van der Waals surface area contributed by atoms with E-state index in [1.807, 2.05) is 49.4 Å². The molecule has 1 amide bonds. The fourth-order valence-electron chi connectivity index (χ4n) is 2.13. The van der Waals surface area contributed by atoms with E-state index in [9.17, 15) is 4.79 Å². The van der Waals surface area contributed by atoms with Gasteiger partial charge in [0.25, 0.3) is 5.91 Å². The molecule has 0 bridgehead atoms. The van der Waals surface area contributed by atoms with Gasteiger partial charge in [0, 0.05) is 11.6 Å². The Morgan fingerprint density at radius 2 is 2.00 bits per heavy atom. The first-order chi connectivity index (χ1) is 11.6. The zero-order chi connectivity index (χ0) is 17.4. The lowest BCUT2D eigenvalue weighted by Crippen LogP contribution is -2.28. The lowest BCUT2D eigenvalue weighted by Gasteiger charge is -2.12. The SMILES string of the molecule is C/C=C/c1ccc(OCC(=O)NCc2ccccc2Cl)c(OC)c1. The van der Waals surface area contributed by atoms with Gasteiger partial charge in [-0.25, -0.2) is 0 Å². The van der Waals surface area contributed by atoms with Crippen LogP contribution in [0.3, 0.4) is 0 Å². The third-order valence-corrected chi connectivity index (χ3v) is 3.71. The van der Waals surface area contributed by atoms with Crippen LogP contribution in [0.5, 0.6) is 11.5 Å². The Labute approximate surface area is 147 Å². The summed E-state index contributed by atoms with van der Waals surface area (Å²) in [6.07, 6.45) is 3.90. The minimum absolute atomic E-state index is 0.0935. The molecule has 0 fully saturated rings. The van der Waals surface area contributed by atoms with Crippen molar-refractivity contribution in [1.82, 2.24) is 5.32 Å². The van der Waals surface area contributed by atoms with E-state index in [2.05, 4.69) is 5.32 Å². The van der Waals surface area contributed by atoms with Crippen molar-refractivity contribution in [2.75, 3.05) is 13.7 Å². The van der Waals surface area contributed by atoms with Crippen LogP contribution in [0.15, 0.2) is 48.5 Å². The van der Waals surface area contributed by atoms with Gasteiger partial charge in [-0.1, -0.05) is 48.0 Å². The summed E-state index contributed by atoms with van der Waals surface area (Å²) in [5.74, 6) is 0.887. The second-order valence-electron chi connectivity index (χ2n) is 5.07. The number of halogens is 1. The summed E-state index contributed by atoms with van der Waals surface area (Å²) in [7, 11) is 1.57. The second-order valence-corrected chi connectivity index (χ2v) is 5.47. The summed E-state index contributed by atoms with van der Waals surface area (Å²) in [4.78, 5) is 11.9. The molecule has 0 aliphatic carbocycles. The number of benzene rings is 2. The van der Waals surface area contributed by atoms with Gasteiger partial charge in [-0.05, 0) is 36.2 Å². The highest BCUT2D eigenvalue weighted by Crippen LogP contribution is 2.28. The molecule has 0 saturated carbocycles. The van der Waals surface area contributed by atoms with Gasteiger partial charge in [-0.3, -0.25) is 4.79 Å². The largest absolute Gasteiger partial charge is 0.493 e. The monoisotopic (exact) mass is 345 g/mol. The summed E-state index contributed by atoms with van der Waals surface area (Å²) < 4.78 is 10.8. The predicted octanol–water partition coefficient (Wildman–Crippen LogP) is 4.08. The molecule has 2 rings (SSSR count). The van der Waals surface area contributed by atoms with Crippen molar-refractivity contribution in [1.29, 1.82) is 0 Å². The van der Waals surface area contributed by atoms with Gasteiger partial charge in [0.1, 0.15) is 0 Å². The summed E-state index contributed by atoms with van der Waals surface area (Å²) in [6.45, 7) is 2.21. The molecule has 0 atom stereocenters. The molecule has 4 nitrogen and oxygen atoms in total. The molecular weight excluding hydrogens is 326 g/mol. The van der Waals surface area contributed by atoms with E-state index in [4.69, 9.17) is 21.1 Å². The van der Waals surface area contributed by atoms with Crippen molar-refractivity contribution in [2.24, 2.45) is 0 Å². The normalized spacial score (nSPS) is 10.6. The van der Waals surface area contributed by atoms with Crippen LogP contribution in [0.2, 0.25) is 5.02 Å². The first kappa shape index (κ1) is 17.9. The van der Waals surface area contributed by atoms with E-state index < -0.39 is 0 Å². The zero-order valence-electron chi connectivity index (χ0n) is 13.7. The Kier molecular flexibility index (Phi) is 6.70. The first-order valence-corrected chi connectivity index (χ1v) is 7.95. The van der Waals surface area contributed by atoms with Gasteiger partial charge < -0.3 is 14.8 Å². The lowest BCUT2D eigenvalue weighted by molar-refractivity contribution is -0.123. The molecule has 0 spiro atoms. The highest BCUT2D eigenvalue weighted by atomic mass is 35.5. The Balaban J connectivity index is 1.90. The van der Waals surface area contributed by atoms with Crippen molar-refractivity contribution >= 4 is 23.6 Å². The van der Waals surface area contributed by atoms with E-state index in [0.717, 1.165) is 11.1 Å². The first-order valence-electron chi connectivity index (χ1n) is 7.57. The minimum Gasteiger partial charge on any atom is -0.493 e. The summed E-state index contributed by atoms with van der Waals surface area (Å²) in [6, 6.07) is 12.9. The Morgan fingerprint density at radius 1 is 1.21 bits per heavy atom. The van der Waals surface area contributed by atoms with Gasteiger partial charge in [-0.2, -0.15) is 0 Å². The number of methoxy groups -OCH3 is 1. The van der Waals surface area contributed by atoms with Gasteiger partial charge in [-0.15, -0.1) is 0 Å². The van der Waals surface area contributed by atoms with E-state index >= 15 is 0 Å². The van der Waals surface area contributed by atoms with Crippen molar-refractivity contribution in [3.05, 3.63) is 64.7 Å². The maximum atomic E-state index is 11.9. The summed E-state index contributed by atoms with van der Waals surface area (Å²) >= 11 is 6.06. The maximum absolute atomic E-state index is 11.9. The number of nitrogens with one attached hydrogen (secondary N) is 1. The fraction of sp³-hybridized carbons (Fsp3) is 0.211. The zero-order valence-corrected chi connectivity index (χ0v) is 14.5. The number of carbonyl (C=O) groups is 1. The van der Waals surface area contributed by atoms with Crippen LogP contribution >= 0.6 is 11.6 Å². The highest BCUT2D eigenvalue weighted by Gasteiger charge is 2.08. The van der Waals surface area contributed by atoms with Crippen molar-refractivity contribution < 1.29 is 14.3 Å². The quantitative estimate of drug-likeness (QED) is 0.822. The molecule has 126 valence electrons. The molecule has 0 aromatic heterocycles. The molecule has 0 aliphatic heterocycles. The van der Waals surface area contributed by atoms with Crippen LogP contribution in [0, 0.1) is 0 Å². The van der Waals surface area contributed by atoms with Crippen LogP contribution in [0.4, 0.5) is 0 Å². The molecule has 0 aliphatic rings. The maximum Gasteiger partial charge on any atom is 0.258 e. The van der Waals surface area contributed by atoms with Crippen molar-refractivity contribution in [3.8, 4) is 11.5 Å². The summed E-state index contributed by atoms with van der Waals surface area (Å²) in [5, 5.41) is 3.40. The molecule has 0 radical (unpaired) electrons. The number of carbonyl (C=O) groups excluding carboxylic acids is 1. The number of hydrogen-bond acceptors (Lipinski definition) is 3. The second kappa shape index (κ2) is 8.99. The molecule has 24 heavy (non-hydrogen) atoms. The number of amides is 1. The number of allylic oxidation sites excluding steroid dienone is 1. The molecule has 1 N–H and O–H groups in total. The van der Waals surface area contributed by atoms with E-state index in [-0.39, 0.29) is 12.5 Å². The van der Waals surface area contributed by atoms with E-state index in [0.29, 0.717) is 23.1 Å². The van der Waals surface area contributed by atoms with Crippen molar-refractivity contribution in [2.45, 2.75) is 13.5 Å². The molecule has 0 heterocycles. The molecule has 2 aromatic carbocycles. The lowest BCUT2D eigenvalue weighted by atomic mass is 10.2. The molecule has 0 saturated heterocycles. The minimum atomic E-state index is -0.227. The Morgan fingerprint density at radius 3 is 2.71 bits per heavy atom. The molecular formula is C19H20ClNO3. The van der Waals surface area contributed by atoms with Gasteiger partial charge in [0.15, 0.2) is 18.1 Å². The van der Waals surface area contributed by atoms with Crippen LogP contribution in [-0.2, 0) is 11.3 Å². The molecule has 2 aromatic rings. The predicted molar refractivity (Wildman–Crippen MR) is 96.5 cm³/mol. The fourth-order valence-corrected chi connectivity index (χ4v) is 2.33. The van der Waals surface area contributed by atoms with E-state index in [1.54, 1.807) is 19.2 Å². The number of hydrogen-bond donors (Lipinski definition) is 1. The Hall–Kier alpha value is -2.46. The molecule has 5 heteroatoms. The molecule has 0 unspecified atom stereocenters. The topological polar surface area (TPSA) is 47.6 Å². The van der Waals surface area contributed by atoms with Gasteiger partial charge >= 0.3 is 0 Å². The van der Waals surface area contributed by atoms with Gasteiger partial charge in [0.05, 0.1) is 7.11 Å². The standard InChI is InChI=1S/C19H20ClNO3/c1-3-6-14-9-10-17(18(11-14)23-2)24-13-19(22)21-12-15-7-4-5-8-16(15)20/h3-11H,12-13H2,1-2H3,(H,21,22)/b6-3+. The van der Waals surface area contributed by atoms with E-state index in [1.165, 1.54) is 0 Å². The Bertz CT molecular complexity index is 728. The van der Waals surface area contributed by atoms with Crippen LogP contribution in [0.25, 0.3) is 6.08 Å². The third-order valence-electron chi connectivity index (χ3n) is 3.34. The average Bonchev–Trinajstić information content (AvgIpc) is 2.60. The van der Waals surface area contributed by atoms with Gasteiger partial charge in [0.2, 0.25) is 0 Å².